The van der Waals surface area contributed by atoms with E-state index in [1.807, 2.05) is 13.8 Å². The molecule has 0 saturated heterocycles. The number of nitrogens with zero attached hydrogens (tertiary/aromatic N) is 3. The van der Waals surface area contributed by atoms with Crippen molar-refractivity contribution >= 4 is 5.82 Å². The minimum absolute atomic E-state index is 0.0402. The van der Waals surface area contributed by atoms with Crippen LogP contribution < -0.4 is 10.9 Å². The van der Waals surface area contributed by atoms with Crippen LogP contribution in [-0.4, -0.2) is 40.6 Å². The van der Waals surface area contributed by atoms with Crippen LogP contribution in [0.5, 0.6) is 0 Å². The molecule has 1 saturated carbocycles. The van der Waals surface area contributed by atoms with Crippen molar-refractivity contribution in [1.29, 1.82) is 0 Å². The van der Waals surface area contributed by atoms with Gasteiger partial charge in [0.1, 0.15) is 0 Å². The summed E-state index contributed by atoms with van der Waals surface area (Å²) in [7, 11) is 2.13. The summed E-state index contributed by atoms with van der Waals surface area (Å²) in [6, 6.07) is 0.915. The Kier molecular flexibility index (Phi) is 4.01. The van der Waals surface area contributed by atoms with E-state index >= 15 is 0 Å². The van der Waals surface area contributed by atoms with Crippen LogP contribution in [0.15, 0.2) is 17.2 Å². The molecule has 0 amide bonds. The van der Waals surface area contributed by atoms with E-state index in [0.717, 1.165) is 19.1 Å². The van der Waals surface area contributed by atoms with Crippen molar-refractivity contribution in [3.05, 3.63) is 22.7 Å². The van der Waals surface area contributed by atoms with Crippen molar-refractivity contribution in [2.45, 2.75) is 38.8 Å². The van der Waals surface area contributed by atoms with E-state index in [2.05, 4.69) is 22.2 Å². The van der Waals surface area contributed by atoms with E-state index < -0.39 is 0 Å². The Bertz CT molecular complexity index is 451. The summed E-state index contributed by atoms with van der Waals surface area (Å²) in [5.74, 6) is 0.454. The molecule has 1 heterocycles. The monoisotopic (exact) mass is 250 g/mol. The minimum atomic E-state index is -0.0402. The second-order valence-corrected chi connectivity index (χ2v) is 5.22. The average molecular weight is 250 g/mol. The Labute approximate surface area is 108 Å². The quantitative estimate of drug-likeness (QED) is 0.827. The van der Waals surface area contributed by atoms with Gasteiger partial charge in [0, 0.05) is 37.6 Å². The predicted octanol–water partition coefficient (Wildman–Crippen LogP) is 1.33. The molecule has 0 unspecified atom stereocenters. The molecule has 0 bridgehead atoms. The number of nitrogens with one attached hydrogen (secondary N) is 1. The number of anilines is 1. The number of likely N-dealkylation sites (N-methyl/N-ethyl adjacent to an activating group) is 1. The van der Waals surface area contributed by atoms with E-state index in [1.165, 1.54) is 12.8 Å². The Morgan fingerprint density at radius 3 is 2.89 bits per heavy atom. The van der Waals surface area contributed by atoms with Gasteiger partial charge in [-0.05, 0) is 33.7 Å². The summed E-state index contributed by atoms with van der Waals surface area (Å²) in [5, 5.41) is 3.14. The average Bonchev–Trinajstić information content (AvgIpc) is 3.14. The molecule has 1 aromatic heterocycles. The van der Waals surface area contributed by atoms with Crippen LogP contribution >= 0.6 is 0 Å². The first-order chi connectivity index (χ1) is 8.59. The maximum atomic E-state index is 12.1. The maximum absolute atomic E-state index is 12.1. The topological polar surface area (TPSA) is 50.2 Å². The lowest BCUT2D eigenvalue weighted by atomic mass is 10.4. The molecule has 18 heavy (non-hydrogen) atoms. The van der Waals surface area contributed by atoms with Crippen LogP contribution in [0.25, 0.3) is 0 Å². The van der Waals surface area contributed by atoms with E-state index in [9.17, 15) is 4.79 Å². The Balaban J connectivity index is 1.92. The molecule has 1 fully saturated rings. The zero-order valence-corrected chi connectivity index (χ0v) is 11.4. The van der Waals surface area contributed by atoms with E-state index in [1.54, 1.807) is 17.0 Å². The van der Waals surface area contributed by atoms with Crippen molar-refractivity contribution < 1.29 is 0 Å². The molecule has 1 aliphatic carbocycles. The van der Waals surface area contributed by atoms with Gasteiger partial charge in [0.15, 0.2) is 5.82 Å². The third kappa shape index (κ3) is 3.10. The number of hydrogen-bond donors (Lipinski definition) is 1. The van der Waals surface area contributed by atoms with Crippen LogP contribution in [0.2, 0.25) is 0 Å². The van der Waals surface area contributed by atoms with Gasteiger partial charge < -0.3 is 14.8 Å². The van der Waals surface area contributed by atoms with Gasteiger partial charge in [0.25, 0.3) is 5.56 Å². The van der Waals surface area contributed by atoms with Gasteiger partial charge in [-0.25, -0.2) is 4.98 Å². The summed E-state index contributed by atoms with van der Waals surface area (Å²) in [5.41, 5.74) is -0.0402. The van der Waals surface area contributed by atoms with Gasteiger partial charge in [-0.1, -0.05) is 0 Å². The summed E-state index contributed by atoms with van der Waals surface area (Å²) in [6.07, 6.45) is 6.02. The molecule has 0 atom stereocenters. The number of rotatable bonds is 6. The maximum Gasteiger partial charge on any atom is 0.293 e. The normalized spacial score (nSPS) is 15.4. The summed E-state index contributed by atoms with van der Waals surface area (Å²) < 4.78 is 1.69. The Morgan fingerprint density at radius 1 is 1.56 bits per heavy atom. The molecule has 0 aromatic carbocycles. The van der Waals surface area contributed by atoms with Crippen LogP contribution in [0.4, 0.5) is 5.82 Å². The highest BCUT2D eigenvalue weighted by atomic mass is 16.1. The van der Waals surface area contributed by atoms with E-state index in [-0.39, 0.29) is 11.6 Å². The Morgan fingerprint density at radius 2 is 2.28 bits per heavy atom. The third-order valence-electron chi connectivity index (χ3n) is 3.35. The second-order valence-electron chi connectivity index (χ2n) is 5.22. The van der Waals surface area contributed by atoms with Gasteiger partial charge in [0.05, 0.1) is 0 Å². The molecule has 1 aromatic rings. The fourth-order valence-electron chi connectivity index (χ4n) is 2.00. The predicted molar refractivity (Wildman–Crippen MR) is 73.0 cm³/mol. The van der Waals surface area contributed by atoms with Crippen LogP contribution in [0, 0.1) is 0 Å². The van der Waals surface area contributed by atoms with E-state index in [0.29, 0.717) is 5.82 Å². The van der Waals surface area contributed by atoms with Gasteiger partial charge in [-0.3, -0.25) is 4.79 Å². The first kappa shape index (κ1) is 13.1. The van der Waals surface area contributed by atoms with Gasteiger partial charge in [0.2, 0.25) is 0 Å². The Hall–Kier alpha value is -1.36. The molecule has 1 N–H and O–H groups in total. The third-order valence-corrected chi connectivity index (χ3v) is 3.35. The molecule has 5 heteroatoms. The molecule has 5 nitrogen and oxygen atoms in total. The summed E-state index contributed by atoms with van der Waals surface area (Å²) in [6.45, 7) is 5.69. The zero-order valence-electron chi connectivity index (χ0n) is 11.4. The zero-order chi connectivity index (χ0) is 13.1. The lowest BCUT2D eigenvalue weighted by molar-refractivity contribution is 0.337. The van der Waals surface area contributed by atoms with Crippen molar-refractivity contribution in [3.63, 3.8) is 0 Å². The van der Waals surface area contributed by atoms with E-state index in [4.69, 9.17) is 0 Å². The van der Waals surface area contributed by atoms with Crippen molar-refractivity contribution in [1.82, 2.24) is 14.5 Å². The van der Waals surface area contributed by atoms with Gasteiger partial charge in [-0.15, -0.1) is 0 Å². The highest BCUT2D eigenvalue weighted by molar-refractivity contribution is 5.30. The van der Waals surface area contributed by atoms with Crippen LogP contribution in [0.3, 0.4) is 0 Å². The molecule has 1 aliphatic rings. The molecule has 2 rings (SSSR count). The fourth-order valence-corrected chi connectivity index (χ4v) is 2.00. The molecule has 0 radical (unpaired) electrons. The SMILES string of the molecule is CC(C)n1ccnc(NCCN(C)C2CC2)c1=O. The summed E-state index contributed by atoms with van der Waals surface area (Å²) >= 11 is 0. The molecule has 100 valence electrons. The lowest BCUT2D eigenvalue weighted by Gasteiger charge is -2.16. The standard InChI is InChI=1S/C13H22N4O/c1-10(2)17-9-7-15-12(13(17)18)14-6-8-16(3)11-4-5-11/h7,9-11H,4-6,8H2,1-3H3,(H,14,15). The second kappa shape index (κ2) is 5.52. The molecule has 0 spiro atoms. The van der Waals surface area contributed by atoms with Gasteiger partial charge in [-0.2, -0.15) is 0 Å². The highest BCUT2D eigenvalue weighted by Crippen LogP contribution is 2.24. The molecule has 0 aliphatic heterocycles. The molecular formula is C13H22N4O. The van der Waals surface area contributed by atoms with Gasteiger partial charge >= 0.3 is 0 Å². The molecular weight excluding hydrogens is 228 g/mol. The fraction of sp³-hybridized carbons (Fsp3) is 0.692. The van der Waals surface area contributed by atoms with Crippen molar-refractivity contribution in [2.75, 3.05) is 25.5 Å². The number of hydrogen-bond acceptors (Lipinski definition) is 4. The minimum Gasteiger partial charge on any atom is -0.364 e. The van der Waals surface area contributed by atoms with Crippen LogP contribution in [0.1, 0.15) is 32.7 Å². The summed E-state index contributed by atoms with van der Waals surface area (Å²) in [4.78, 5) is 18.5. The highest BCUT2D eigenvalue weighted by Gasteiger charge is 2.25. The van der Waals surface area contributed by atoms with Crippen LogP contribution in [-0.2, 0) is 0 Å². The lowest BCUT2D eigenvalue weighted by Crippen LogP contribution is -2.30. The largest absolute Gasteiger partial charge is 0.364 e. The smallest absolute Gasteiger partial charge is 0.293 e. The van der Waals surface area contributed by atoms with Crippen molar-refractivity contribution in [3.8, 4) is 0 Å². The first-order valence-electron chi connectivity index (χ1n) is 6.61. The van der Waals surface area contributed by atoms with Crippen molar-refractivity contribution in [2.24, 2.45) is 0 Å². The first-order valence-corrected chi connectivity index (χ1v) is 6.61. The number of aromatic nitrogens is 2.